The van der Waals surface area contributed by atoms with E-state index in [2.05, 4.69) is 17.1 Å². The van der Waals surface area contributed by atoms with E-state index in [4.69, 9.17) is 4.74 Å². The first-order valence-electron chi connectivity index (χ1n) is 8.77. The molecule has 0 N–H and O–H groups in total. The molecule has 2 aromatic heterocycles. The topological polar surface area (TPSA) is 47.4 Å². The maximum Gasteiger partial charge on any atom is 0.242 e. The Morgan fingerprint density at radius 3 is 2.96 bits per heavy atom. The monoisotopic (exact) mass is 347 g/mol. The third-order valence-electron chi connectivity index (χ3n) is 4.74. The van der Waals surface area contributed by atoms with Gasteiger partial charge in [-0.2, -0.15) is 0 Å². The third-order valence-corrected chi connectivity index (χ3v) is 4.74. The zero-order valence-corrected chi connectivity index (χ0v) is 14.8. The van der Waals surface area contributed by atoms with Crippen molar-refractivity contribution in [3.8, 4) is 17.0 Å². The molecule has 0 unspecified atom stereocenters. The summed E-state index contributed by atoms with van der Waals surface area (Å²) in [6.07, 6.45) is 8.87. The van der Waals surface area contributed by atoms with Gasteiger partial charge in [-0.05, 0) is 30.7 Å². The van der Waals surface area contributed by atoms with Crippen molar-refractivity contribution < 1.29 is 9.53 Å². The summed E-state index contributed by atoms with van der Waals surface area (Å²) in [5, 5.41) is 1.07. The summed E-state index contributed by atoms with van der Waals surface area (Å²) >= 11 is 0. The Morgan fingerprint density at radius 2 is 2.15 bits per heavy atom. The normalized spacial score (nSPS) is 14.0. The van der Waals surface area contributed by atoms with E-state index in [0.29, 0.717) is 13.1 Å². The van der Waals surface area contributed by atoms with Crippen molar-refractivity contribution in [1.29, 1.82) is 0 Å². The number of amides is 1. The summed E-state index contributed by atoms with van der Waals surface area (Å²) in [7, 11) is 1.65. The lowest BCUT2D eigenvalue weighted by Gasteiger charge is -2.24. The van der Waals surface area contributed by atoms with Gasteiger partial charge in [-0.15, -0.1) is 0 Å². The second-order valence-corrected chi connectivity index (χ2v) is 6.37. The van der Waals surface area contributed by atoms with Crippen LogP contribution in [0.2, 0.25) is 0 Å². The Morgan fingerprint density at radius 1 is 1.23 bits per heavy atom. The van der Waals surface area contributed by atoms with E-state index in [-0.39, 0.29) is 5.91 Å². The van der Waals surface area contributed by atoms with Gasteiger partial charge >= 0.3 is 0 Å². The average molecular weight is 347 g/mol. The standard InChI is InChI=1S/C21H21N3O2/c1-26-18-7-5-6-17(14-18)20-21-16(8-10-22-20)9-13-24(21)15-19(25)23-11-3-2-4-12-23/h2-3,5-10,13-14H,4,11-12,15H2,1H3. The molecule has 1 aliphatic heterocycles. The van der Waals surface area contributed by atoms with Crippen LogP contribution in [0.15, 0.2) is 60.9 Å². The van der Waals surface area contributed by atoms with Gasteiger partial charge in [0.15, 0.2) is 0 Å². The summed E-state index contributed by atoms with van der Waals surface area (Å²) in [6.45, 7) is 1.80. The zero-order chi connectivity index (χ0) is 17.9. The summed E-state index contributed by atoms with van der Waals surface area (Å²) < 4.78 is 7.34. The number of nitrogens with zero attached hydrogens (tertiary/aromatic N) is 3. The van der Waals surface area contributed by atoms with Crippen LogP contribution < -0.4 is 4.74 Å². The van der Waals surface area contributed by atoms with Gasteiger partial charge in [-0.25, -0.2) is 0 Å². The minimum absolute atomic E-state index is 0.132. The number of carbonyl (C=O) groups is 1. The molecular weight excluding hydrogens is 326 g/mol. The Balaban J connectivity index is 1.72. The number of benzene rings is 1. The van der Waals surface area contributed by atoms with E-state index in [1.165, 1.54) is 0 Å². The first kappa shape index (κ1) is 16.4. The van der Waals surface area contributed by atoms with E-state index in [1.54, 1.807) is 13.3 Å². The number of methoxy groups -OCH3 is 1. The quantitative estimate of drug-likeness (QED) is 0.679. The van der Waals surface area contributed by atoms with Crippen molar-refractivity contribution in [2.24, 2.45) is 0 Å². The molecule has 0 saturated heterocycles. The van der Waals surface area contributed by atoms with Crippen LogP contribution in [0.25, 0.3) is 22.2 Å². The Kier molecular flexibility index (Phi) is 4.44. The van der Waals surface area contributed by atoms with Crippen molar-refractivity contribution in [2.45, 2.75) is 13.0 Å². The van der Waals surface area contributed by atoms with Crippen LogP contribution in [0.5, 0.6) is 5.75 Å². The second-order valence-electron chi connectivity index (χ2n) is 6.37. The van der Waals surface area contributed by atoms with Gasteiger partial charge in [0.2, 0.25) is 5.91 Å². The number of pyridine rings is 1. The van der Waals surface area contributed by atoms with Gasteiger partial charge < -0.3 is 14.2 Å². The molecule has 0 atom stereocenters. The molecule has 3 aromatic rings. The van der Waals surface area contributed by atoms with E-state index in [9.17, 15) is 4.79 Å². The molecule has 0 aliphatic carbocycles. The number of fused-ring (bicyclic) bond motifs is 1. The van der Waals surface area contributed by atoms with E-state index < -0.39 is 0 Å². The highest BCUT2D eigenvalue weighted by Gasteiger charge is 2.17. The molecule has 0 bridgehead atoms. The molecule has 5 nitrogen and oxygen atoms in total. The van der Waals surface area contributed by atoms with Crippen molar-refractivity contribution >= 4 is 16.8 Å². The molecule has 4 rings (SSSR count). The molecule has 132 valence electrons. The highest BCUT2D eigenvalue weighted by atomic mass is 16.5. The van der Waals surface area contributed by atoms with Crippen molar-refractivity contribution in [3.05, 3.63) is 60.9 Å². The van der Waals surface area contributed by atoms with Gasteiger partial charge in [0.25, 0.3) is 0 Å². The third kappa shape index (κ3) is 3.08. The van der Waals surface area contributed by atoms with Crippen LogP contribution in [0.4, 0.5) is 0 Å². The van der Waals surface area contributed by atoms with Crippen molar-refractivity contribution in [2.75, 3.05) is 20.2 Å². The molecule has 5 heteroatoms. The maximum absolute atomic E-state index is 12.7. The van der Waals surface area contributed by atoms with Gasteiger partial charge in [0.1, 0.15) is 12.3 Å². The fourth-order valence-corrected chi connectivity index (χ4v) is 3.38. The zero-order valence-electron chi connectivity index (χ0n) is 14.8. The average Bonchev–Trinajstić information content (AvgIpc) is 3.11. The molecule has 0 spiro atoms. The van der Waals surface area contributed by atoms with Crippen molar-refractivity contribution in [1.82, 2.24) is 14.5 Å². The predicted octanol–water partition coefficient (Wildman–Crippen LogP) is 3.50. The van der Waals surface area contributed by atoms with Crippen LogP contribution in [-0.2, 0) is 11.3 Å². The van der Waals surface area contributed by atoms with Crippen LogP contribution >= 0.6 is 0 Å². The molecule has 1 amide bonds. The Hall–Kier alpha value is -3.08. The van der Waals surface area contributed by atoms with Crippen LogP contribution in [0, 0.1) is 0 Å². The molecule has 1 aromatic carbocycles. The fourth-order valence-electron chi connectivity index (χ4n) is 3.38. The first-order chi connectivity index (χ1) is 12.8. The number of hydrogen-bond acceptors (Lipinski definition) is 3. The predicted molar refractivity (Wildman–Crippen MR) is 102 cm³/mol. The summed E-state index contributed by atoms with van der Waals surface area (Å²) in [4.78, 5) is 19.2. The van der Waals surface area contributed by atoms with Gasteiger partial charge in [0, 0.05) is 36.4 Å². The van der Waals surface area contributed by atoms with Crippen molar-refractivity contribution in [3.63, 3.8) is 0 Å². The smallest absolute Gasteiger partial charge is 0.242 e. The van der Waals surface area contributed by atoms with E-state index in [1.807, 2.05) is 52.1 Å². The lowest BCUT2D eigenvalue weighted by Crippen LogP contribution is -2.36. The Labute approximate surface area is 152 Å². The number of hydrogen-bond donors (Lipinski definition) is 0. The highest BCUT2D eigenvalue weighted by molar-refractivity contribution is 5.93. The maximum atomic E-state index is 12.7. The minimum Gasteiger partial charge on any atom is -0.497 e. The highest BCUT2D eigenvalue weighted by Crippen LogP contribution is 2.29. The van der Waals surface area contributed by atoms with Gasteiger partial charge in [-0.1, -0.05) is 24.3 Å². The molecule has 3 heterocycles. The minimum atomic E-state index is 0.132. The molecular formula is C21H21N3O2. The second kappa shape index (κ2) is 7.04. The summed E-state index contributed by atoms with van der Waals surface area (Å²) in [5.74, 6) is 0.919. The number of ether oxygens (including phenoxy) is 1. The number of carbonyl (C=O) groups excluding carboxylic acids is 1. The molecule has 0 radical (unpaired) electrons. The molecule has 0 saturated carbocycles. The van der Waals surface area contributed by atoms with Crippen LogP contribution in [-0.4, -0.2) is 40.6 Å². The molecule has 26 heavy (non-hydrogen) atoms. The largest absolute Gasteiger partial charge is 0.497 e. The van der Waals surface area contributed by atoms with Crippen LogP contribution in [0.3, 0.4) is 0 Å². The first-order valence-corrected chi connectivity index (χ1v) is 8.77. The van der Waals surface area contributed by atoms with E-state index in [0.717, 1.165) is 40.9 Å². The lowest BCUT2D eigenvalue weighted by atomic mass is 10.1. The van der Waals surface area contributed by atoms with E-state index >= 15 is 0 Å². The summed E-state index contributed by atoms with van der Waals surface area (Å²) in [6, 6.07) is 11.9. The van der Waals surface area contributed by atoms with Crippen LogP contribution in [0.1, 0.15) is 6.42 Å². The summed E-state index contributed by atoms with van der Waals surface area (Å²) in [5.41, 5.74) is 2.81. The van der Waals surface area contributed by atoms with Gasteiger partial charge in [-0.3, -0.25) is 9.78 Å². The lowest BCUT2D eigenvalue weighted by molar-refractivity contribution is -0.131. The number of aromatic nitrogens is 2. The van der Waals surface area contributed by atoms with Gasteiger partial charge in [0.05, 0.1) is 18.3 Å². The Bertz CT molecular complexity index is 974. The molecule has 0 fully saturated rings. The molecule has 1 aliphatic rings. The fraction of sp³-hybridized carbons (Fsp3) is 0.238. The SMILES string of the molecule is COc1cccc(-c2nccc3ccn(CC(=O)N4CC=CCC4)c23)c1. The number of rotatable bonds is 4.